The van der Waals surface area contributed by atoms with Crippen molar-refractivity contribution in [1.29, 1.82) is 0 Å². The van der Waals surface area contributed by atoms with Crippen LogP contribution >= 0.6 is 20.4 Å². The molecule has 0 aliphatic carbocycles. The molecule has 0 saturated heterocycles. The van der Waals surface area contributed by atoms with Crippen molar-refractivity contribution in [1.82, 2.24) is 11.1 Å². The highest BCUT2D eigenvalue weighted by Crippen LogP contribution is 2.22. The van der Waals surface area contributed by atoms with Crippen LogP contribution in [-0.2, 0) is 4.57 Å². The van der Waals surface area contributed by atoms with Crippen molar-refractivity contribution in [3.8, 4) is 0 Å². The van der Waals surface area contributed by atoms with E-state index in [0.717, 1.165) is 0 Å². The minimum atomic E-state index is -2.03. The zero-order valence-electron chi connectivity index (χ0n) is 6.44. The second kappa shape index (κ2) is 7.38. The summed E-state index contributed by atoms with van der Waals surface area (Å²) in [6.07, 6.45) is 0. The van der Waals surface area contributed by atoms with Gasteiger partial charge in [0.1, 0.15) is 0 Å². The highest BCUT2D eigenvalue weighted by molar-refractivity contribution is 7.38. The molecule has 0 aromatic rings. The molecule has 0 aliphatic rings. The summed E-state index contributed by atoms with van der Waals surface area (Å²) in [6.45, 7) is 1.71. The fraction of sp³-hybridized carbons (Fsp3) is 1.00. The van der Waals surface area contributed by atoms with Gasteiger partial charge in [0.05, 0.1) is 0 Å². The van der Waals surface area contributed by atoms with E-state index in [-0.39, 0.29) is 24.3 Å². The predicted molar refractivity (Wildman–Crippen MR) is 45.2 cm³/mol. The van der Waals surface area contributed by atoms with Gasteiger partial charge in [0, 0.05) is 0 Å². The van der Waals surface area contributed by atoms with E-state index in [1.807, 2.05) is 0 Å². The van der Waals surface area contributed by atoms with E-state index < -0.39 is 8.03 Å². The van der Waals surface area contributed by atoms with Gasteiger partial charge in [-0.25, -0.2) is 0 Å². The van der Waals surface area contributed by atoms with Gasteiger partial charge in [-0.3, -0.25) is 4.90 Å². The monoisotopic (exact) mass is 189 g/mol. The molecule has 0 heterocycles. The van der Waals surface area contributed by atoms with Crippen LogP contribution in [0.5, 0.6) is 0 Å². The topological polar surface area (TPSA) is 75.5 Å². The normalized spacial score (nSPS) is 13.1. The Morgan fingerprint density at radius 3 is 1.80 bits per heavy atom. The molecule has 10 heavy (non-hydrogen) atoms. The maximum absolute atomic E-state index is 10.2. The van der Waals surface area contributed by atoms with E-state index in [4.69, 9.17) is 4.89 Å². The lowest BCUT2D eigenvalue weighted by Gasteiger charge is -2.05. The van der Waals surface area contributed by atoms with Crippen molar-refractivity contribution in [2.75, 3.05) is 14.1 Å². The molecule has 0 fully saturated rings. The van der Waals surface area contributed by atoms with Crippen LogP contribution in [0.3, 0.4) is 0 Å². The summed E-state index contributed by atoms with van der Waals surface area (Å²) < 4.78 is 10.2. The highest BCUT2D eigenvalue weighted by Gasteiger charge is 2.24. The SMILES string of the molecule is CC(N(C)C)[P+](=O)O.Cl.N. The second-order valence-corrected chi connectivity index (χ2v) is 3.25. The van der Waals surface area contributed by atoms with Crippen molar-refractivity contribution in [2.24, 2.45) is 0 Å². The average molecular weight is 190 g/mol. The van der Waals surface area contributed by atoms with Gasteiger partial charge in [0.25, 0.3) is 0 Å². The third kappa shape index (κ3) is 6.39. The van der Waals surface area contributed by atoms with Gasteiger partial charge in [0.15, 0.2) is 0 Å². The fourth-order valence-corrected chi connectivity index (χ4v) is 0.593. The Hall–Kier alpha value is 0.270. The molecule has 64 valence electrons. The van der Waals surface area contributed by atoms with Gasteiger partial charge in [-0.1, -0.05) is 0 Å². The Balaban J connectivity index is -0.000000245. The molecule has 4 N–H and O–H groups in total. The third-order valence-electron chi connectivity index (χ3n) is 1.07. The molecule has 0 aliphatic heterocycles. The van der Waals surface area contributed by atoms with Gasteiger partial charge >= 0.3 is 8.03 Å². The summed E-state index contributed by atoms with van der Waals surface area (Å²) in [7, 11) is 1.52. The lowest BCUT2D eigenvalue weighted by atomic mass is 10.7. The quantitative estimate of drug-likeness (QED) is 0.641. The fourth-order valence-electron chi connectivity index (χ4n) is 0.198. The van der Waals surface area contributed by atoms with Crippen LogP contribution < -0.4 is 6.15 Å². The molecule has 0 radical (unpaired) electrons. The number of hydrogen-bond donors (Lipinski definition) is 2. The molecule has 4 nitrogen and oxygen atoms in total. The van der Waals surface area contributed by atoms with Crippen LogP contribution in [0.1, 0.15) is 6.92 Å². The average Bonchev–Trinajstić information content (AvgIpc) is 1.64. The Labute approximate surface area is 68.5 Å². The van der Waals surface area contributed by atoms with Crippen LogP contribution in [0.25, 0.3) is 0 Å². The number of rotatable bonds is 2. The second-order valence-electron chi connectivity index (χ2n) is 1.90. The Kier molecular flexibility index (Phi) is 12.3. The first-order valence-corrected chi connectivity index (χ1v) is 3.65. The van der Waals surface area contributed by atoms with Crippen molar-refractivity contribution < 1.29 is 9.46 Å². The molecule has 0 rings (SSSR count). The molecule has 0 spiro atoms. The lowest BCUT2D eigenvalue weighted by molar-refractivity contribution is 0.361. The van der Waals surface area contributed by atoms with E-state index in [1.165, 1.54) is 0 Å². The summed E-state index contributed by atoms with van der Waals surface area (Å²) >= 11 is 0. The van der Waals surface area contributed by atoms with Crippen LogP contribution in [0.15, 0.2) is 0 Å². The third-order valence-corrected chi connectivity index (χ3v) is 2.17. The van der Waals surface area contributed by atoms with Crippen molar-refractivity contribution in [3.05, 3.63) is 0 Å². The molecule has 6 heteroatoms. The molecular formula is C4H15ClN2O2P+. The van der Waals surface area contributed by atoms with E-state index in [2.05, 4.69) is 0 Å². The van der Waals surface area contributed by atoms with E-state index >= 15 is 0 Å². The summed E-state index contributed by atoms with van der Waals surface area (Å²) in [5, 5.41) is 0. The molecule has 0 saturated carbocycles. The van der Waals surface area contributed by atoms with Crippen LogP contribution in [0.4, 0.5) is 0 Å². The van der Waals surface area contributed by atoms with E-state index in [1.54, 1.807) is 25.9 Å². The lowest BCUT2D eigenvalue weighted by Crippen LogP contribution is -2.20. The first kappa shape index (κ1) is 16.7. The Bertz CT molecular complexity index is 101. The van der Waals surface area contributed by atoms with Gasteiger partial charge in [-0.15, -0.1) is 12.4 Å². The van der Waals surface area contributed by atoms with Gasteiger partial charge in [-0.2, -0.15) is 4.89 Å². The van der Waals surface area contributed by atoms with Gasteiger partial charge < -0.3 is 6.15 Å². The summed E-state index contributed by atoms with van der Waals surface area (Å²) in [5.41, 5.74) is 0. The molecule has 0 amide bonds. The van der Waals surface area contributed by atoms with Crippen LogP contribution in [0, 0.1) is 0 Å². The summed E-state index contributed by atoms with van der Waals surface area (Å²) in [4.78, 5) is 10.2. The summed E-state index contributed by atoms with van der Waals surface area (Å²) in [5.74, 6) is -0.231. The number of hydrogen-bond acceptors (Lipinski definition) is 3. The van der Waals surface area contributed by atoms with Crippen LogP contribution in [-0.4, -0.2) is 29.7 Å². The molecule has 2 unspecified atom stereocenters. The molecule has 0 bridgehead atoms. The smallest absolute Gasteiger partial charge is 0.344 e. The van der Waals surface area contributed by atoms with E-state index in [9.17, 15) is 4.57 Å². The number of halogens is 1. The predicted octanol–water partition coefficient (Wildman–Crippen LogP) is 1.21. The minimum absolute atomic E-state index is 0. The van der Waals surface area contributed by atoms with Gasteiger partial charge in [-0.05, 0) is 25.6 Å². The highest BCUT2D eigenvalue weighted by atomic mass is 35.5. The largest absolute Gasteiger partial charge is 0.524 e. The molecule has 0 aromatic carbocycles. The maximum Gasteiger partial charge on any atom is 0.524 e. The zero-order valence-corrected chi connectivity index (χ0v) is 8.15. The van der Waals surface area contributed by atoms with Crippen molar-refractivity contribution in [2.45, 2.75) is 12.7 Å². The molecular weight excluding hydrogens is 174 g/mol. The molecule has 2 atom stereocenters. The first-order valence-electron chi connectivity index (χ1n) is 2.37. The minimum Gasteiger partial charge on any atom is -0.344 e. The van der Waals surface area contributed by atoms with Crippen molar-refractivity contribution >= 4 is 20.4 Å². The van der Waals surface area contributed by atoms with Crippen molar-refractivity contribution in [3.63, 3.8) is 0 Å². The first-order chi connectivity index (χ1) is 3.55. The Morgan fingerprint density at radius 1 is 1.50 bits per heavy atom. The zero-order chi connectivity index (χ0) is 6.73. The Morgan fingerprint density at radius 2 is 1.80 bits per heavy atom. The molecule has 0 aromatic heterocycles. The standard InChI is InChI=1S/C4H10NO2P.ClH.H3N/c1-4(5(2)3)8(6)7;;/h4H,1-3H3;1H;1H3/p+1. The summed E-state index contributed by atoms with van der Waals surface area (Å²) in [6, 6.07) is 0. The van der Waals surface area contributed by atoms with E-state index in [0.29, 0.717) is 0 Å². The number of nitrogens with zero attached hydrogens (tertiary/aromatic N) is 1. The maximum atomic E-state index is 10.2. The van der Waals surface area contributed by atoms with Gasteiger partial charge in [0.2, 0.25) is 5.78 Å². The van der Waals surface area contributed by atoms with Crippen LogP contribution in [0.2, 0.25) is 0 Å².